The maximum Gasteiger partial charge on any atom is 0.278 e. The summed E-state index contributed by atoms with van der Waals surface area (Å²) in [6.45, 7) is 0. The van der Waals surface area contributed by atoms with Crippen LogP contribution in [0.25, 0.3) is 0 Å². The predicted octanol–water partition coefficient (Wildman–Crippen LogP) is 0.0319. The first-order valence-corrected chi connectivity index (χ1v) is 5.73. The summed E-state index contributed by atoms with van der Waals surface area (Å²) in [6.07, 6.45) is 2.12. The molecule has 5 heteroatoms. The second-order valence-electron chi connectivity index (χ2n) is 4.96. The van der Waals surface area contributed by atoms with Gasteiger partial charge >= 0.3 is 0 Å². The summed E-state index contributed by atoms with van der Waals surface area (Å²) in [4.78, 5) is 12.0. The fourth-order valence-corrected chi connectivity index (χ4v) is 3.07. The molecule has 1 spiro atoms. The number of carbonyl (C=O) groups excluding carboxylic acids is 1. The van der Waals surface area contributed by atoms with Crippen LogP contribution in [0.2, 0.25) is 0 Å². The van der Waals surface area contributed by atoms with Crippen LogP contribution in [0.3, 0.4) is 0 Å². The van der Waals surface area contributed by atoms with E-state index in [1.807, 2.05) is 6.07 Å². The van der Waals surface area contributed by atoms with E-state index in [0.717, 1.165) is 17.0 Å². The summed E-state index contributed by atoms with van der Waals surface area (Å²) < 4.78 is 0. The highest BCUT2D eigenvalue weighted by Gasteiger charge is 2.52. The third-order valence-corrected chi connectivity index (χ3v) is 3.90. The van der Waals surface area contributed by atoms with Crippen LogP contribution in [0.4, 0.5) is 0 Å². The Bertz CT molecular complexity index is 505. The number of fused-ring (bicyclic) bond motifs is 2. The standard InChI is InChI=1S/C12H13BN2O2/c13-7-1-2-10-9(5-7)11(16)15(17)12(10)4-3-8(14)6-12/h1-2,5,8,17H,3-4,6,14H2. The third kappa shape index (κ3) is 1.29. The molecule has 1 aromatic rings. The lowest BCUT2D eigenvalue weighted by Gasteiger charge is -2.30. The van der Waals surface area contributed by atoms with Crippen molar-refractivity contribution in [1.29, 1.82) is 0 Å². The van der Waals surface area contributed by atoms with E-state index in [1.54, 1.807) is 12.1 Å². The number of rotatable bonds is 0. The summed E-state index contributed by atoms with van der Waals surface area (Å²) >= 11 is 0. The molecule has 2 radical (unpaired) electrons. The van der Waals surface area contributed by atoms with Gasteiger partial charge in [-0.05, 0) is 24.8 Å². The largest absolute Gasteiger partial charge is 0.328 e. The van der Waals surface area contributed by atoms with E-state index in [-0.39, 0.29) is 11.9 Å². The molecule has 1 aromatic carbocycles. The van der Waals surface area contributed by atoms with Gasteiger partial charge in [-0.3, -0.25) is 10.0 Å². The first-order chi connectivity index (χ1) is 8.04. The van der Waals surface area contributed by atoms with Crippen molar-refractivity contribution in [2.45, 2.75) is 30.8 Å². The number of hydroxylamine groups is 2. The predicted molar refractivity (Wildman–Crippen MR) is 63.3 cm³/mol. The molecule has 3 rings (SSSR count). The Kier molecular flexibility index (Phi) is 2.12. The SMILES string of the molecule is [B]c1ccc2c(c1)C(=O)N(O)C21CCC(N)C1. The minimum absolute atomic E-state index is 0.0287. The minimum atomic E-state index is -0.625. The summed E-state index contributed by atoms with van der Waals surface area (Å²) in [7, 11) is 5.68. The van der Waals surface area contributed by atoms with Gasteiger partial charge in [0, 0.05) is 11.6 Å². The number of hydrogen-bond donors (Lipinski definition) is 2. The second-order valence-corrected chi connectivity index (χ2v) is 4.96. The van der Waals surface area contributed by atoms with Crippen LogP contribution in [0, 0.1) is 0 Å². The van der Waals surface area contributed by atoms with Gasteiger partial charge in [0.1, 0.15) is 7.85 Å². The Morgan fingerprint density at radius 1 is 1.53 bits per heavy atom. The van der Waals surface area contributed by atoms with E-state index in [1.165, 1.54) is 0 Å². The number of amides is 1. The number of hydrogen-bond acceptors (Lipinski definition) is 3. The molecular formula is C12H13BN2O2. The molecule has 17 heavy (non-hydrogen) atoms. The molecule has 2 atom stereocenters. The van der Waals surface area contributed by atoms with Gasteiger partial charge in [-0.2, -0.15) is 0 Å². The topological polar surface area (TPSA) is 66.6 Å². The average molecular weight is 228 g/mol. The maximum atomic E-state index is 12.0. The number of nitrogens with zero attached hydrogens (tertiary/aromatic N) is 1. The molecule has 1 saturated carbocycles. The average Bonchev–Trinajstić information content (AvgIpc) is 2.77. The van der Waals surface area contributed by atoms with Crippen LogP contribution in [0.1, 0.15) is 35.2 Å². The first-order valence-electron chi connectivity index (χ1n) is 5.73. The summed E-state index contributed by atoms with van der Waals surface area (Å²) in [5.74, 6) is -0.374. The minimum Gasteiger partial charge on any atom is -0.328 e. The van der Waals surface area contributed by atoms with Crippen molar-refractivity contribution in [2.24, 2.45) is 5.73 Å². The van der Waals surface area contributed by atoms with Crippen LogP contribution in [-0.4, -0.2) is 30.1 Å². The second kappa shape index (κ2) is 3.34. The molecule has 86 valence electrons. The van der Waals surface area contributed by atoms with E-state index in [9.17, 15) is 10.0 Å². The molecule has 0 saturated heterocycles. The lowest BCUT2D eigenvalue weighted by atomic mass is 9.85. The van der Waals surface area contributed by atoms with Crippen LogP contribution < -0.4 is 11.2 Å². The zero-order chi connectivity index (χ0) is 12.2. The molecular weight excluding hydrogens is 215 g/mol. The van der Waals surface area contributed by atoms with Crippen LogP contribution >= 0.6 is 0 Å². The molecule has 2 aliphatic rings. The highest BCUT2D eigenvalue weighted by molar-refractivity contribution is 6.32. The molecule has 1 fully saturated rings. The molecule has 1 aliphatic heterocycles. The number of benzene rings is 1. The Morgan fingerprint density at radius 3 is 2.94 bits per heavy atom. The van der Waals surface area contributed by atoms with Crippen molar-refractivity contribution < 1.29 is 10.0 Å². The molecule has 0 bridgehead atoms. The summed E-state index contributed by atoms with van der Waals surface area (Å²) in [5.41, 5.74) is 7.17. The number of carbonyl (C=O) groups is 1. The van der Waals surface area contributed by atoms with Crippen LogP contribution in [-0.2, 0) is 5.54 Å². The molecule has 1 aliphatic carbocycles. The Balaban J connectivity index is 2.18. The van der Waals surface area contributed by atoms with Gasteiger partial charge in [0.2, 0.25) is 0 Å². The van der Waals surface area contributed by atoms with Crippen molar-refractivity contribution in [3.63, 3.8) is 0 Å². The van der Waals surface area contributed by atoms with Crippen molar-refractivity contribution in [3.8, 4) is 0 Å². The molecule has 2 unspecified atom stereocenters. The summed E-state index contributed by atoms with van der Waals surface area (Å²) in [6, 6.07) is 5.24. The molecule has 1 heterocycles. The highest BCUT2D eigenvalue weighted by Crippen LogP contribution is 2.48. The van der Waals surface area contributed by atoms with Crippen LogP contribution in [0.15, 0.2) is 18.2 Å². The van der Waals surface area contributed by atoms with Gasteiger partial charge in [0.15, 0.2) is 0 Å². The van der Waals surface area contributed by atoms with Gasteiger partial charge in [-0.1, -0.05) is 23.7 Å². The lowest BCUT2D eigenvalue weighted by molar-refractivity contribution is -0.127. The first kappa shape index (κ1) is 10.8. The van der Waals surface area contributed by atoms with Gasteiger partial charge in [-0.25, -0.2) is 5.06 Å². The van der Waals surface area contributed by atoms with Gasteiger partial charge in [0.05, 0.1) is 5.54 Å². The van der Waals surface area contributed by atoms with Crippen molar-refractivity contribution in [3.05, 3.63) is 29.3 Å². The van der Waals surface area contributed by atoms with E-state index in [0.29, 0.717) is 23.9 Å². The molecule has 1 amide bonds. The molecule has 0 aromatic heterocycles. The van der Waals surface area contributed by atoms with E-state index >= 15 is 0 Å². The Hall–Kier alpha value is -1.33. The molecule has 4 nitrogen and oxygen atoms in total. The van der Waals surface area contributed by atoms with Crippen LogP contribution in [0.5, 0.6) is 0 Å². The quantitative estimate of drug-likeness (QED) is 0.486. The van der Waals surface area contributed by atoms with Gasteiger partial charge in [-0.15, -0.1) is 0 Å². The molecule has 3 N–H and O–H groups in total. The monoisotopic (exact) mass is 228 g/mol. The fourth-order valence-electron chi connectivity index (χ4n) is 3.07. The van der Waals surface area contributed by atoms with Gasteiger partial charge < -0.3 is 5.73 Å². The zero-order valence-electron chi connectivity index (χ0n) is 9.39. The Labute approximate surface area is 101 Å². The van der Waals surface area contributed by atoms with E-state index < -0.39 is 5.54 Å². The zero-order valence-corrected chi connectivity index (χ0v) is 9.39. The maximum absolute atomic E-state index is 12.0. The van der Waals surface area contributed by atoms with Gasteiger partial charge in [0.25, 0.3) is 5.91 Å². The lowest BCUT2D eigenvalue weighted by Crippen LogP contribution is -2.40. The summed E-state index contributed by atoms with van der Waals surface area (Å²) in [5, 5.41) is 10.9. The van der Waals surface area contributed by atoms with E-state index in [4.69, 9.17) is 13.6 Å². The fraction of sp³-hybridized carbons (Fsp3) is 0.417. The Morgan fingerprint density at radius 2 is 2.29 bits per heavy atom. The highest BCUT2D eigenvalue weighted by atomic mass is 16.5. The van der Waals surface area contributed by atoms with Crippen molar-refractivity contribution in [2.75, 3.05) is 0 Å². The van der Waals surface area contributed by atoms with E-state index in [2.05, 4.69) is 0 Å². The smallest absolute Gasteiger partial charge is 0.278 e. The third-order valence-electron chi connectivity index (χ3n) is 3.90. The van der Waals surface area contributed by atoms with Crippen molar-refractivity contribution in [1.82, 2.24) is 5.06 Å². The normalized spacial score (nSPS) is 31.3. The van der Waals surface area contributed by atoms with Crippen molar-refractivity contribution >= 4 is 19.2 Å². The number of nitrogens with two attached hydrogens (primary N) is 1.